The lowest BCUT2D eigenvalue weighted by Crippen LogP contribution is -2.41. The predicted molar refractivity (Wildman–Crippen MR) is 109 cm³/mol. The highest BCUT2D eigenvalue weighted by Gasteiger charge is 2.22. The number of hydrogen-bond acceptors (Lipinski definition) is 7. The third-order valence-electron chi connectivity index (χ3n) is 4.26. The molecule has 0 aliphatic carbocycles. The molecule has 0 atom stereocenters. The molecule has 1 aliphatic heterocycles. The van der Waals surface area contributed by atoms with Crippen molar-refractivity contribution in [1.82, 2.24) is 14.7 Å². The van der Waals surface area contributed by atoms with Gasteiger partial charge in [-0.2, -0.15) is 0 Å². The van der Waals surface area contributed by atoms with E-state index in [9.17, 15) is 14.4 Å². The van der Waals surface area contributed by atoms with Crippen LogP contribution in [0.5, 0.6) is 0 Å². The molecule has 0 saturated carbocycles. The first-order valence-corrected chi connectivity index (χ1v) is 10.1. The van der Waals surface area contributed by atoms with Gasteiger partial charge in [0, 0.05) is 45.7 Å². The monoisotopic (exact) mass is 401 g/mol. The molecule has 164 valence electrons. The molecule has 1 rings (SSSR count). The number of rotatable bonds is 7. The fourth-order valence-corrected chi connectivity index (χ4v) is 2.99. The van der Waals surface area contributed by atoms with Gasteiger partial charge in [0.25, 0.3) is 0 Å². The molecule has 0 aromatic rings. The van der Waals surface area contributed by atoms with Crippen LogP contribution in [0.25, 0.3) is 0 Å². The summed E-state index contributed by atoms with van der Waals surface area (Å²) >= 11 is 0. The van der Waals surface area contributed by atoms with Gasteiger partial charge in [-0.1, -0.05) is 34.6 Å². The number of carboxylic acid groups (broad SMARTS) is 1. The Kier molecular flexibility index (Phi) is 12.9. The van der Waals surface area contributed by atoms with Crippen molar-refractivity contribution in [2.45, 2.75) is 41.0 Å². The molecule has 1 aliphatic rings. The van der Waals surface area contributed by atoms with Gasteiger partial charge < -0.3 is 9.84 Å². The van der Waals surface area contributed by atoms with Gasteiger partial charge >= 0.3 is 11.9 Å². The van der Waals surface area contributed by atoms with Crippen LogP contribution in [0, 0.1) is 5.41 Å². The summed E-state index contributed by atoms with van der Waals surface area (Å²) in [7, 11) is 1.35. The molecule has 8 nitrogen and oxygen atoms in total. The molecule has 28 heavy (non-hydrogen) atoms. The number of methoxy groups -OCH3 is 1. The van der Waals surface area contributed by atoms with Gasteiger partial charge in [-0.15, -0.1) is 0 Å². The lowest BCUT2D eigenvalue weighted by Gasteiger charge is -2.26. The number of ketones is 1. The standard InChI is InChI=1S/C18H33N3O5.C2H6/c1-18(2,3)11-15(22)12-19-5-7-20(13-16(23)24)8-10-21(9-6-19)14-17(25)26-4;1-2/h5-14H2,1-4H3,(H,23,24);1-2H3. The van der Waals surface area contributed by atoms with E-state index in [0.717, 1.165) is 0 Å². The van der Waals surface area contributed by atoms with Crippen molar-refractivity contribution in [2.24, 2.45) is 5.41 Å². The average Bonchev–Trinajstić information content (AvgIpc) is 2.67. The molecular weight excluding hydrogens is 362 g/mol. The molecule has 0 aromatic heterocycles. The van der Waals surface area contributed by atoms with Crippen molar-refractivity contribution in [3.63, 3.8) is 0 Å². The minimum atomic E-state index is -0.876. The highest BCUT2D eigenvalue weighted by molar-refractivity contribution is 5.81. The number of carbonyl (C=O) groups excluding carboxylic acids is 2. The Bertz CT molecular complexity index is 491. The van der Waals surface area contributed by atoms with Crippen molar-refractivity contribution < 1.29 is 24.2 Å². The third kappa shape index (κ3) is 12.8. The Morgan fingerprint density at radius 2 is 1.21 bits per heavy atom. The Morgan fingerprint density at radius 3 is 1.57 bits per heavy atom. The highest BCUT2D eigenvalue weighted by atomic mass is 16.5. The molecule has 0 radical (unpaired) electrons. The Morgan fingerprint density at radius 1 is 0.821 bits per heavy atom. The minimum Gasteiger partial charge on any atom is -0.480 e. The van der Waals surface area contributed by atoms with Crippen molar-refractivity contribution in [3.05, 3.63) is 0 Å². The molecule has 1 heterocycles. The molecule has 0 spiro atoms. The van der Waals surface area contributed by atoms with Gasteiger partial charge in [-0.3, -0.25) is 29.1 Å². The molecule has 0 bridgehead atoms. The van der Waals surface area contributed by atoms with Crippen molar-refractivity contribution in [3.8, 4) is 0 Å². The Hall–Kier alpha value is -1.51. The quantitative estimate of drug-likeness (QED) is 0.637. The van der Waals surface area contributed by atoms with Crippen LogP contribution in [0.4, 0.5) is 0 Å². The highest BCUT2D eigenvalue weighted by Crippen LogP contribution is 2.19. The van der Waals surface area contributed by atoms with Gasteiger partial charge in [-0.05, 0) is 5.41 Å². The largest absolute Gasteiger partial charge is 0.480 e. The van der Waals surface area contributed by atoms with Crippen LogP contribution in [0.15, 0.2) is 0 Å². The SMILES string of the molecule is CC.COC(=O)CN1CCN(CC(=O)O)CCN(CC(=O)CC(C)(C)C)CC1. The first kappa shape index (κ1) is 26.5. The van der Waals surface area contributed by atoms with Crippen LogP contribution >= 0.6 is 0 Å². The van der Waals surface area contributed by atoms with Crippen molar-refractivity contribution in [2.75, 3.05) is 66.0 Å². The lowest BCUT2D eigenvalue weighted by molar-refractivity contribution is -0.142. The molecule has 0 unspecified atom stereocenters. The molecule has 8 heteroatoms. The fraction of sp³-hybridized carbons (Fsp3) is 0.850. The minimum absolute atomic E-state index is 0.0458. The zero-order valence-corrected chi connectivity index (χ0v) is 18.5. The summed E-state index contributed by atoms with van der Waals surface area (Å²) in [6.45, 7) is 14.3. The third-order valence-corrected chi connectivity index (χ3v) is 4.26. The number of ether oxygens (including phenoxy) is 1. The first-order chi connectivity index (χ1) is 13.1. The maximum atomic E-state index is 12.3. The molecule has 1 saturated heterocycles. The fourth-order valence-electron chi connectivity index (χ4n) is 2.99. The van der Waals surface area contributed by atoms with Crippen LogP contribution in [-0.4, -0.2) is 104 Å². The van der Waals surface area contributed by atoms with Gasteiger partial charge in [0.2, 0.25) is 0 Å². The Balaban J connectivity index is 0.00000352. The zero-order chi connectivity index (χ0) is 21.7. The maximum absolute atomic E-state index is 12.3. The number of Topliss-reactive ketones (excluding diaryl/α,β-unsaturated/α-hetero) is 1. The molecule has 1 fully saturated rings. The second-order valence-electron chi connectivity index (χ2n) is 8.07. The van der Waals surface area contributed by atoms with E-state index in [4.69, 9.17) is 9.84 Å². The van der Waals surface area contributed by atoms with Crippen LogP contribution in [-0.2, 0) is 19.1 Å². The second-order valence-corrected chi connectivity index (χ2v) is 8.07. The number of hydrogen-bond donors (Lipinski definition) is 1. The van der Waals surface area contributed by atoms with Gasteiger partial charge in [-0.25, -0.2) is 0 Å². The van der Waals surface area contributed by atoms with Crippen LogP contribution < -0.4 is 0 Å². The molecular formula is C20H39N3O5. The van der Waals surface area contributed by atoms with E-state index in [1.807, 2.05) is 44.4 Å². The second kappa shape index (κ2) is 13.6. The summed E-state index contributed by atoms with van der Waals surface area (Å²) < 4.78 is 4.74. The lowest BCUT2D eigenvalue weighted by atomic mass is 9.90. The number of esters is 1. The van der Waals surface area contributed by atoms with E-state index >= 15 is 0 Å². The van der Waals surface area contributed by atoms with Crippen LogP contribution in [0.2, 0.25) is 0 Å². The Labute approximate surface area is 169 Å². The van der Waals surface area contributed by atoms with Gasteiger partial charge in [0.1, 0.15) is 5.78 Å². The van der Waals surface area contributed by atoms with E-state index in [1.54, 1.807) is 0 Å². The summed E-state index contributed by atoms with van der Waals surface area (Å²) in [5.41, 5.74) is -0.0526. The first-order valence-electron chi connectivity index (χ1n) is 10.1. The predicted octanol–water partition coefficient (Wildman–Crippen LogP) is 1.20. The van der Waals surface area contributed by atoms with Crippen molar-refractivity contribution in [1.29, 1.82) is 0 Å². The summed E-state index contributed by atoms with van der Waals surface area (Å²) in [6, 6.07) is 0. The summed E-state index contributed by atoms with van der Waals surface area (Å²) in [4.78, 5) is 40.9. The van der Waals surface area contributed by atoms with Crippen LogP contribution in [0.3, 0.4) is 0 Å². The number of carboxylic acids is 1. The maximum Gasteiger partial charge on any atom is 0.319 e. The van der Waals surface area contributed by atoms with Crippen molar-refractivity contribution >= 4 is 17.7 Å². The smallest absolute Gasteiger partial charge is 0.319 e. The summed E-state index contributed by atoms with van der Waals surface area (Å²) in [5, 5.41) is 9.09. The van der Waals surface area contributed by atoms with E-state index in [2.05, 4.69) is 4.90 Å². The average molecular weight is 402 g/mol. The topological polar surface area (TPSA) is 90.4 Å². The summed E-state index contributed by atoms with van der Waals surface area (Å²) in [5.74, 6) is -1.01. The van der Waals surface area contributed by atoms with Gasteiger partial charge in [0.05, 0.1) is 26.7 Å². The summed E-state index contributed by atoms with van der Waals surface area (Å²) in [6.07, 6.45) is 0.508. The van der Waals surface area contributed by atoms with E-state index in [0.29, 0.717) is 52.2 Å². The molecule has 0 amide bonds. The molecule has 0 aromatic carbocycles. The van der Waals surface area contributed by atoms with E-state index < -0.39 is 5.97 Å². The number of aliphatic carboxylic acids is 1. The van der Waals surface area contributed by atoms with E-state index in [-0.39, 0.29) is 30.3 Å². The normalized spacial score (nSPS) is 17.5. The van der Waals surface area contributed by atoms with Gasteiger partial charge in [0.15, 0.2) is 0 Å². The molecule has 1 N–H and O–H groups in total. The number of nitrogens with zero attached hydrogens (tertiary/aromatic N) is 3. The number of carbonyl (C=O) groups is 3. The van der Waals surface area contributed by atoms with Crippen LogP contribution in [0.1, 0.15) is 41.0 Å². The zero-order valence-electron chi connectivity index (χ0n) is 18.5. The van der Waals surface area contributed by atoms with E-state index in [1.165, 1.54) is 7.11 Å².